The summed E-state index contributed by atoms with van der Waals surface area (Å²) in [5, 5.41) is 5.28. The molecule has 1 amide bonds. The lowest BCUT2D eigenvalue weighted by Crippen LogP contribution is -2.42. The van der Waals surface area contributed by atoms with Crippen LogP contribution in [-0.4, -0.2) is 42.8 Å². The van der Waals surface area contributed by atoms with Gasteiger partial charge in [-0.25, -0.2) is 10.4 Å². The van der Waals surface area contributed by atoms with E-state index < -0.39 is 0 Å². The van der Waals surface area contributed by atoms with Crippen LogP contribution in [0, 0.1) is 0 Å². The largest absolute Gasteiger partial charge is 0.313 e. The Labute approximate surface area is 88.2 Å². The molecule has 0 spiro atoms. The van der Waals surface area contributed by atoms with Gasteiger partial charge in [-0.05, 0) is 18.5 Å². The lowest BCUT2D eigenvalue weighted by molar-refractivity contribution is -0.115. The molecule has 3 rings (SSSR count). The number of hydrogen-bond donors (Lipinski definition) is 2. The fourth-order valence-corrected chi connectivity index (χ4v) is 2.41. The van der Waals surface area contributed by atoms with Crippen molar-refractivity contribution in [2.24, 2.45) is 4.99 Å². The second-order valence-electron chi connectivity index (χ2n) is 4.08. The molecule has 1 atom stereocenters. The zero-order chi connectivity index (χ0) is 10.3. The molecule has 0 aromatic rings. The van der Waals surface area contributed by atoms with Gasteiger partial charge >= 0.3 is 0 Å². The van der Waals surface area contributed by atoms with Gasteiger partial charge in [0, 0.05) is 25.7 Å². The second-order valence-corrected chi connectivity index (χ2v) is 4.08. The summed E-state index contributed by atoms with van der Waals surface area (Å²) >= 11 is 0. The third kappa shape index (κ3) is 1.39. The Morgan fingerprint density at radius 2 is 2.47 bits per heavy atom. The molecule has 3 aliphatic rings. The van der Waals surface area contributed by atoms with Crippen molar-refractivity contribution in [3.8, 4) is 0 Å². The van der Waals surface area contributed by atoms with Gasteiger partial charge in [-0.3, -0.25) is 4.79 Å². The molecule has 5 heteroatoms. The normalized spacial score (nSPS) is 30.3. The number of rotatable bonds is 0. The molecule has 0 bridgehead atoms. The Morgan fingerprint density at radius 1 is 1.53 bits per heavy atom. The van der Waals surface area contributed by atoms with Crippen LogP contribution in [0.4, 0.5) is 0 Å². The fourth-order valence-electron chi connectivity index (χ4n) is 2.41. The van der Waals surface area contributed by atoms with Gasteiger partial charge in [-0.2, -0.15) is 0 Å². The highest BCUT2D eigenvalue weighted by Crippen LogP contribution is 2.26. The Kier molecular flexibility index (Phi) is 2.07. The lowest BCUT2D eigenvalue weighted by atomic mass is 10.00. The van der Waals surface area contributed by atoms with Gasteiger partial charge in [0.2, 0.25) is 0 Å². The molecule has 3 aliphatic heterocycles. The highest BCUT2D eigenvalue weighted by molar-refractivity contribution is 5.99. The van der Waals surface area contributed by atoms with Crippen LogP contribution in [0.5, 0.6) is 0 Å². The SMILES string of the molecule is O=C1N=CCCN2NC3CCNCC3=C12. The second kappa shape index (κ2) is 3.43. The van der Waals surface area contributed by atoms with Crippen molar-refractivity contribution in [1.29, 1.82) is 0 Å². The van der Waals surface area contributed by atoms with Crippen LogP contribution in [0.15, 0.2) is 16.3 Å². The van der Waals surface area contributed by atoms with E-state index in [4.69, 9.17) is 0 Å². The van der Waals surface area contributed by atoms with Crippen molar-refractivity contribution >= 4 is 12.1 Å². The number of amides is 1. The third-order valence-corrected chi connectivity index (χ3v) is 3.12. The standard InChI is InChI=1S/C10H14N4O/c15-10-9-7-6-11-4-2-8(7)13-14(9)5-1-3-12-10/h3,8,11,13H,1-2,4-6H2. The predicted octanol–water partition coefficient (Wildman–Crippen LogP) is -0.576. The molecule has 0 aliphatic carbocycles. The number of nitrogens with one attached hydrogen (secondary N) is 2. The molecular weight excluding hydrogens is 192 g/mol. The predicted molar refractivity (Wildman–Crippen MR) is 56.3 cm³/mol. The highest BCUT2D eigenvalue weighted by Gasteiger charge is 2.36. The summed E-state index contributed by atoms with van der Waals surface area (Å²) in [6, 6.07) is 0.346. The van der Waals surface area contributed by atoms with E-state index in [-0.39, 0.29) is 5.91 Å². The van der Waals surface area contributed by atoms with Gasteiger partial charge in [0.15, 0.2) is 0 Å². The molecule has 0 radical (unpaired) electrons. The molecule has 1 unspecified atom stereocenters. The average molecular weight is 206 g/mol. The summed E-state index contributed by atoms with van der Waals surface area (Å²) in [6.45, 7) is 2.66. The number of nitrogens with zero attached hydrogens (tertiary/aromatic N) is 2. The first-order valence-electron chi connectivity index (χ1n) is 5.40. The maximum atomic E-state index is 11.8. The molecule has 1 fully saturated rings. The van der Waals surface area contributed by atoms with E-state index in [1.807, 2.05) is 5.01 Å². The van der Waals surface area contributed by atoms with E-state index in [0.717, 1.165) is 38.2 Å². The molecule has 15 heavy (non-hydrogen) atoms. The number of carbonyl (C=O) groups is 1. The van der Waals surface area contributed by atoms with Crippen LogP contribution in [-0.2, 0) is 4.79 Å². The van der Waals surface area contributed by atoms with Gasteiger partial charge in [-0.1, -0.05) is 0 Å². The summed E-state index contributed by atoms with van der Waals surface area (Å²) < 4.78 is 0. The maximum absolute atomic E-state index is 11.8. The first kappa shape index (κ1) is 9.06. The van der Waals surface area contributed by atoms with Crippen molar-refractivity contribution < 1.29 is 4.79 Å². The van der Waals surface area contributed by atoms with E-state index in [1.54, 1.807) is 6.21 Å². The van der Waals surface area contributed by atoms with Crippen LogP contribution < -0.4 is 10.7 Å². The van der Waals surface area contributed by atoms with E-state index >= 15 is 0 Å². The Morgan fingerprint density at radius 3 is 3.40 bits per heavy atom. The summed E-state index contributed by atoms with van der Waals surface area (Å²) in [7, 11) is 0. The van der Waals surface area contributed by atoms with E-state index in [2.05, 4.69) is 15.7 Å². The number of hydrogen-bond acceptors (Lipinski definition) is 4. The molecule has 80 valence electrons. The minimum absolute atomic E-state index is 0.0961. The zero-order valence-corrected chi connectivity index (χ0v) is 8.49. The lowest BCUT2D eigenvalue weighted by Gasteiger charge is -2.22. The molecular formula is C10H14N4O. The Bertz CT molecular complexity index is 360. The summed E-state index contributed by atoms with van der Waals surface area (Å²) in [5.41, 5.74) is 5.35. The van der Waals surface area contributed by atoms with Crippen molar-refractivity contribution in [2.75, 3.05) is 19.6 Å². The molecule has 0 aromatic heterocycles. The average Bonchev–Trinajstić information content (AvgIpc) is 2.53. The first-order chi connectivity index (χ1) is 7.36. The van der Waals surface area contributed by atoms with E-state index in [9.17, 15) is 4.79 Å². The van der Waals surface area contributed by atoms with Crippen molar-refractivity contribution in [2.45, 2.75) is 18.9 Å². The number of fused-ring (bicyclic) bond motifs is 2. The van der Waals surface area contributed by atoms with Gasteiger partial charge in [0.05, 0.1) is 6.04 Å². The van der Waals surface area contributed by atoms with Crippen LogP contribution in [0.1, 0.15) is 12.8 Å². The quantitative estimate of drug-likeness (QED) is 0.557. The van der Waals surface area contributed by atoms with Gasteiger partial charge in [0.25, 0.3) is 5.91 Å². The molecule has 2 N–H and O–H groups in total. The monoisotopic (exact) mass is 206 g/mol. The molecule has 0 aromatic carbocycles. The number of hydrazine groups is 1. The minimum atomic E-state index is -0.0961. The van der Waals surface area contributed by atoms with Crippen molar-refractivity contribution in [3.63, 3.8) is 0 Å². The Balaban J connectivity index is 2.00. The summed E-state index contributed by atoms with van der Waals surface area (Å²) in [4.78, 5) is 15.7. The summed E-state index contributed by atoms with van der Waals surface area (Å²) in [6.07, 6.45) is 3.59. The van der Waals surface area contributed by atoms with Crippen LogP contribution in [0.25, 0.3) is 0 Å². The Hall–Kier alpha value is -1.20. The molecule has 5 nitrogen and oxygen atoms in total. The van der Waals surface area contributed by atoms with Gasteiger partial charge in [0.1, 0.15) is 5.70 Å². The molecule has 0 saturated carbocycles. The minimum Gasteiger partial charge on any atom is -0.313 e. The van der Waals surface area contributed by atoms with Crippen LogP contribution in [0.2, 0.25) is 0 Å². The maximum Gasteiger partial charge on any atom is 0.294 e. The first-order valence-corrected chi connectivity index (χ1v) is 5.40. The van der Waals surface area contributed by atoms with Crippen LogP contribution >= 0.6 is 0 Å². The zero-order valence-electron chi connectivity index (χ0n) is 8.49. The smallest absolute Gasteiger partial charge is 0.294 e. The van der Waals surface area contributed by atoms with E-state index in [1.165, 1.54) is 5.57 Å². The summed E-state index contributed by atoms with van der Waals surface area (Å²) in [5.74, 6) is -0.0961. The van der Waals surface area contributed by atoms with Crippen LogP contribution in [0.3, 0.4) is 0 Å². The van der Waals surface area contributed by atoms with Gasteiger partial charge < -0.3 is 10.3 Å². The topological polar surface area (TPSA) is 56.7 Å². The fraction of sp³-hybridized carbons (Fsp3) is 0.600. The van der Waals surface area contributed by atoms with Crippen molar-refractivity contribution in [1.82, 2.24) is 15.8 Å². The van der Waals surface area contributed by atoms with Crippen molar-refractivity contribution in [3.05, 3.63) is 11.3 Å². The molecule has 1 saturated heterocycles. The molecule has 3 heterocycles. The number of carbonyl (C=O) groups excluding carboxylic acids is 1. The number of aliphatic imine (C=N–C) groups is 1. The highest BCUT2D eigenvalue weighted by atomic mass is 16.2. The third-order valence-electron chi connectivity index (χ3n) is 3.12. The van der Waals surface area contributed by atoms with E-state index in [0.29, 0.717) is 6.04 Å². The van der Waals surface area contributed by atoms with Gasteiger partial charge in [-0.15, -0.1) is 0 Å². The number of piperidine rings is 1.